The van der Waals surface area contributed by atoms with Crippen molar-refractivity contribution in [3.05, 3.63) is 59.7 Å². The maximum Gasteiger partial charge on any atom is 0.271 e. The van der Waals surface area contributed by atoms with Crippen LogP contribution in [0.4, 0.5) is 5.69 Å². The van der Waals surface area contributed by atoms with Crippen molar-refractivity contribution in [2.75, 3.05) is 37.7 Å². The molecule has 0 aromatic heterocycles. The number of ether oxygens (including phenoxy) is 2. The van der Waals surface area contributed by atoms with E-state index in [0.717, 1.165) is 5.56 Å². The van der Waals surface area contributed by atoms with E-state index >= 15 is 0 Å². The van der Waals surface area contributed by atoms with Gasteiger partial charge in [0.1, 0.15) is 12.3 Å². The lowest BCUT2D eigenvalue weighted by molar-refractivity contribution is -0.134. The summed E-state index contributed by atoms with van der Waals surface area (Å²) in [6.07, 6.45) is 0. The lowest BCUT2D eigenvalue weighted by Gasteiger charge is -2.38. The summed E-state index contributed by atoms with van der Waals surface area (Å²) < 4.78 is 11.2. The standard InChI is InChI=1S/C24H27N3O5/c1-24(2)23(30)27(16-21(28)25-15-17-6-4-3-5-7-17)19-14-18(8-9-20(19)32-24)22(29)26-10-12-31-13-11-26/h3-9,14H,10-13,15-16H2,1-2H3,(H,25,28). The first kappa shape index (κ1) is 21.8. The summed E-state index contributed by atoms with van der Waals surface area (Å²) in [5.41, 5.74) is 0.704. The zero-order chi connectivity index (χ0) is 22.7. The fourth-order valence-electron chi connectivity index (χ4n) is 3.80. The van der Waals surface area contributed by atoms with Gasteiger partial charge in [-0.15, -0.1) is 0 Å². The minimum absolute atomic E-state index is 0.137. The van der Waals surface area contributed by atoms with Crippen LogP contribution in [-0.4, -0.2) is 61.1 Å². The average molecular weight is 437 g/mol. The van der Waals surface area contributed by atoms with Gasteiger partial charge in [-0.2, -0.15) is 0 Å². The number of nitrogens with zero attached hydrogens (tertiary/aromatic N) is 2. The summed E-state index contributed by atoms with van der Waals surface area (Å²) >= 11 is 0. The van der Waals surface area contributed by atoms with Gasteiger partial charge < -0.3 is 19.7 Å². The number of carbonyl (C=O) groups excluding carboxylic acids is 3. The number of carbonyl (C=O) groups is 3. The third-order valence-corrected chi connectivity index (χ3v) is 5.55. The number of hydrogen-bond acceptors (Lipinski definition) is 5. The fourth-order valence-corrected chi connectivity index (χ4v) is 3.80. The molecular weight excluding hydrogens is 410 g/mol. The molecule has 8 nitrogen and oxygen atoms in total. The molecule has 8 heteroatoms. The summed E-state index contributed by atoms with van der Waals surface area (Å²) in [6, 6.07) is 14.6. The van der Waals surface area contributed by atoms with E-state index in [-0.39, 0.29) is 24.3 Å². The first-order valence-electron chi connectivity index (χ1n) is 10.7. The monoisotopic (exact) mass is 437 g/mol. The van der Waals surface area contributed by atoms with Crippen molar-refractivity contribution in [2.45, 2.75) is 26.0 Å². The van der Waals surface area contributed by atoms with Gasteiger partial charge in [-0.25, -0.2) is 0 Å². The van der Waals surface area contributed by atoms with Crippen LogP contribution in [0.3, 0.4) is 0 Å². The minimum Gasteiger partial charge on any atom is -0.476 e. The van der Waals surface area contributed by atoms with Crippen LogP contribution in [0.5, 0.6) is 5.75 Å². The van der Waals surface area contributed by atoms with Gasteiger partial charge >= 0.3 is 0 Å². The predicted molar refractivity (Wildman–Crippen MR) is 119 cm³/mol. The summed E-state index contributed by atoms with van der Waals surface area (Å²) in [5, 5.41) is 2.85. The topological polar surface area (TPSA) is 88.2 Å². The number of morpholine rings is 1. The van der Waals surface area contributed by atoms with Crippen molar-refractivity contribution in [3.8, 4) is 5.75 Å². The molecule has 2 heterocycles. The highest BCUT2D eigenvalue weighted by atomic mass is 16.5. The Balaban J connectivity index is 1.55. The third-order valence-electron chi connectivity index (χ3n) is 5.55. The van der Waals surface area contributed by atoms with E-state index in [2.05, 4.69) is 5.32 Å². The van der Waals surface area contributed by atoms with Crippen LogP contribution >= 0.6 is 0 Å². The van der Waals surface area contributed by atoms with Crippen LogP contribution in [0.25, 0.3) is 0 Å². The molecule has 2 aliphatic rings. The lowest BCUT2D eigenvalue weighted by Crippen LogP contribution is -2.55. The SMILES string of the molecule is CC1(C)Oc2ccc(C(=O)N3CCOCC3)cc2N(CC(=O)NCc2ccccc2)C1=O. The zero-order valence-electron chi connectivity index (χ0n) is 18.3. The Morgan fingerprint density at radius 1 is 1.06 bits per heavy atom. The second kappa shape index (κ2) is 9.00. The van der Waals surface area contributed by atoms with Gasteiger partial charge in [0.25, 0.3) is 11.8 Å². The number of amides is 3. The Morgan fingerprint density at radius 3 is 2.50 bits per heavy atom. The van der Waals surface area contributed by atoms with Crippen LogP contribution in [0.2, 0.25) is 0 Å². The van der Waals surface area contributed by atoms with Crippen molar-refractivity contribution in [1.82, 2.24) is 10.2 Å². The summed E-state index contributed by atoms with van der Waals surface area (Å²) in [5.74, 6) is -0.308. The third kappa shape index (κ3) is 4.60. The molecule has 0 spiro atoms. The normalized spacial score (nSPS) is 17.4. The first-order valence-corrected chi connectivity index (χ1v) is 10.7. The number of benzene rings is 2. The van der Waals surface area contributed by atoms with E-state index in [1.165, 1.54) is 4.90 Å². The molecule has 168 valence electrons. The van der Waals surface area contributed by atoms with Crippen molar-refractivity contribution >= 4 is 23.4 Å². The van der Waals surface area contributed by atoms with Gasteiger partial charge in [0.05, 0.1) is 18.9 Å². The van der Waals surface area contributed by atoms with Crippen molar-refractivity contribution in [2.24, 2.45) is 0 Å². The van der Waals surface area contributed by atoms with Crippen LogP contribution in [0.1, 0.15) is 29.8 Å². The average Bonchev–Trinajstić information content (AvgIpc) is 2.81. The number of rotatable bonds is 5. The smallest absolute Gasteiger partial charge is 0.271 e. The molecule has 1 N–H and O–H groups in total. The Kier molecular flexibility index (Phi) is 6.14. The van der Waals surface area contributed by atoms with E-state index in [9.17, 15) is 14.4 Å². The molecule has 0 unspecified atom stereocenters. The predicted octanol–water partition coefficient (Wildman–Crippen LogP) is 1.98. The van der Waals surface area contributed by atoms with Gasteiger partial charge in [-0.05, 0) is 37.6 Å². The molecule has 1 fully saturated rings. The minimum atomic E-state index is -1.12. The molecular formula is C24H27N3O5. The lowest BCUT2D eigenvalue weighted by atomic mass is 10.0. The Hall–Kier alpha value is -3.39. The van der Waals surface area contributed by atoms with Gasteiger partial charge in [0.2, 0.25) is 5.91 Å². The first-order chi connectivity index (χ1) is 15.3. The highest BCUT2D eigenvalue weighted by Gasteiger charge is 2.42. The Morgan fingerprint density at radius 2 is 1.78 bits per heavy atom. The largest absolute Gasteiger partial charge is 0.476 e. The molecule has 0 atom stereocenters. The molecule has 2 aromatic carbocycles. The van der Waals surface area contributed by atoms with Gasteiger partial charge in [-0.1, -0.05) is 30.3 Å². The summed E-state index contributed by atoms with van der Waals surface area (Å²) in [6.45, 7) is 5.57. The molecule has 0 aliphatic carbocycles. The molecule has 4 rings (SSSR count). The molecule has 0 bridgehead atoms. The Labute approximate surface area is 187 Å². The van der Waals surface area contributed by atoms with Crippen LogP contribution in [0, 0.1) is 0 Å². The van der Waals surface area contributed by atoms with Crippen molar-refractivity contribution in [3.63, 3.8) is 0 Å². The molecule has 0 saturated carbocycles. The maximum absolute atomic E-state index is 13.1. The molecule has 0 radical (unpaired) electrons. The van der Waals surface area contributed by atoms with Crippen LogP contribution in [0.15, 0.2) is 48.5 Å². The van der Waals surface area contributed by atoms with Crippen molar-refractivity contribution in [1.29, 1.82) is 0 Å². The summed E-state index contributed by atoms with van der Waals surface area (Å²) in [7, 11) is 0. The maximum atomic E-state index is 13.1. The molecule has 2 aliphatic heterocycles. The van der Waals surface area contributed by atoms with E-state index in [1.807, 2.05) is 30.3 Å². The highest BCUT2D eigenvalue weighted by Crippen LogP contribution is 2.38. The molecule has 32 heavy (non-hydrogen) atoms. The van der Waals surface area contributed by atoms with E-state index < -0.39 is 5.60 Å². The quantitative estimate of drug-likeness (QED) is 0.773. The highest BCUT2D eigenvalue weighted by molar-refractivity contribution is 6.07. The van der Waals surface area contributed by atoms with Gasteiger partial charge in [0.15, 0.2) is 5.60 Å². The second-order valence-corrected chi connectivity index (χ2v) is 8.35. The number of fused-ring (bicyclic) bond motifs is 1. The van der Waals surface area contributed by atoms with E-state index in [0.29, 0.717) is 49.8 Å². The van der Waals surface area contributed by atoms with Gasteiger partial charge in [0, 0.05) is 25.2 Å². The second-order valence-electron chi connectivity index (χ2n) is 8.35. The zero-order valence-corrected chi connectivity index (χ0v) is 18.3. The van der Waals surface area contributed by atoms with E-state index in [1.54, 1.807) is 36.9 Å². The molecule has 3 amide bonds. The summed E-state index contributed by atoms with van der Waals surface area (Å²) in [4.78, 5) is 41.8. The molecule has 1 saturated heterocycles. The fraction of sp³-hybridized carbons (Fsp3) is 0.375. The number of nitrogens with one attached hydrogen (secondary N) is 1. The number of hydrogen-bond donors (Lipinski definition) is 1. The van der Waals surface area contributed by atoms with Crippen LogP contribution in [-0.2, 0) is 20.9 Å². The molecule has 2 aromatic rings. The van der Waals surface area contributed by atoms with Crippen LogP contribution < -0.4 is 15.0 Å². The van der Waals surface area contributed by atoms with Gasteiger partial charge in [-0.3, -0.25) is 19.3 Å². The van der Waals surface area contributed by atoms with Crippen molar-refractivity contribution < 1.29 is 23.9 Å². The van der Waals surface area contributed by atoms with E-state index in [4.69, 9.17) is 9.47 Å². The Bertz CT molecular complexity index is 1020. The number of anilines is 1.